The zero-order valence-electron chi connectivity index (χ0n) is 12.4. The topological polar surface area (TPSA) is 86.0 Å². The summed E-state index contributed by atoms with van der Waals surface area (Å²) in [6.45, 7) is -0.0759. The molecule has 1 aliphatic rings. The first-order valence-electron chi connectivity index (χ1n) is 7.31. The molecule has 0 saturated carbocycles. The number of para-hydroxylation sites is 1. The van der Waals surface area contributed by atoms with Crippen LogP contribution in [0.5, 0.6) is 11.5 Å². The highest BCUT2D eigenvalue weighted by molar-refractivity contribution is 5.79. The highest BCUT2D eigenvalue weighted by Gasteiger charge is 2.27. The Morgan fingerprint density at radius 1 is 1.08 bits per heavy atom. The Bertz CT molecular complexity index is 1000. The van der Waals surface area contributed by atoms with Gasteiger partial charge in [-0.25, -0.2) is 4.79 Å². The van der Waals surface area contributed by atoms with Crippen molar-refractivity contribution in [2.75, 3.05) is 6.61 Å². The van der Waals surface area contributed by atoms with Crippen molar-refractivity contribution in [2.45, 2.75) is 6.10 Å². The summed E-state index contributed by atoms with van der Waals surface area (Å²) in [5, 5.41) is 9.49. The summed E-state index contributed by atoms with van der Waals surface area (Å²) in [6.07, 6.45) is -1.03. The second kappa shape index (κ2) is 5.42. The Morgan fingerprint density at radius 2 is 1.92 bits per heavy atom. The number of aliphatic carboxylic acids is 1. The molecule has 0 spiro atoms. The van der Waals surface area contributed by atoms with Gasteiger partial charge in [-0.2, -0.15) is 0 Å². The summed E-state index contributed by atoms with van der Waals surface area (Å²) in [7, 11) is 0. The Kier molecular flexibility index (Phi) is 3.23. The van der Waals surface area contributed by atoms with Crippen LogP contribution in [0.4, 0.5) is 0 Å². The molecule has 4 rings (SSSR count). The van der Waals surface area contributed by atoms with E-state index in [9.17, 15) is 9.59 Å². The minimum absolute atomic E-state index is 0.0759. The zero-order chi connectivity index (χ0) is 16.7. The third kappa shape index (κ3) is 2.38. The van der Waals surface area contributed by atoms with Crippen LogP contribution < -0.4 is 14.9 Å². The van der Waals surface area contributed by atoms with Crippen molar-refractivity contribution in [1.82, 2.24) is 0 Å². The molecule has 24 heavy (non-hydrogen) atoms. The first-order valence-corrected chi connectivity index (χ1v) is 7.31. The summed E-state index contributed by atoms with van der Waals surface area (Å²) in [5.74, 6) is 0.0945. The van der Waals surface area contributed by atoms with Crippen molar-refractivity contribution >= 4 is 16.9 Å². The number of hydrogen-bond donors (Lipinski definition) is 1. The fourth-order valence-electron chi connectivity index (χ4n) is 2.59. The van der Waals surface area contributed by atoms with E-state index in [0.717, 1.165) is 0 Å². The largest absolute Gasteiger partial charge is 0.485 e. The van der Waals surface area contributed by atoms with Gasteiger partial charge < -0.3 is 19.0 Å². The molecule has 1 atom stereocenters. The van der Waals surface area contributed by atoms with Crippen molar-refractivity contribution in [3.8, 4) is 22.8 Å². The maximum absolute atomic E-state index is 12.2. The minimum atomic E-state index is -1.08. The standard InChI is InChI=1S/C18H12O6/c19-12-8-15(23-13-4-2-1-3-11(12)13)10-5-6-14-16(7-10)22-9-17(24-14)18(20)21/h1-8,17H,9H2,(H,20,21). The number of benzene rings is 2. The number of hydrogen-bond acceptors (Lipinski definition) is 5. The molecule has 1 aliphatic heterocycles. The molecular formula is C18H12O6. The van der Waals surface area contributed by atoms with Crippen LogP contribution in [0.2, 0.25) is 0 Å². The molecule has 0 bridgehead atoms. The highest BCUT2D eigenvalue weighted by Crippen LogP contribution is 2.36. The second-order valence-electron chi connectivity index (χ2n) is 5.39. The Balaban J connectivity index is 1.76. The molecule has 3 aromatic rings. The molecule has 0 radical (unpaired) electrons. The average molecular weight is 324 g/mol. The van der Waals surface area contributed by atoms with Gasteiger partial charge >= 0.3 is 5.97 Å². The molecule has 0 saturated heterocycles. The molecule has 6 heteroatoms. The summed E-state index contributed by atoms with van der Waals surface area (Å²) in [6, 6.07) is 13.4. The Morgan fingerprint density at radius 3 is 2.75 bits per heavy atom. The Hall–Kier alpha value is -3.28. The fourth-order valence-corrected chi connectivity index (χ4v) is 2.59. The van der Waals surface area contributed by atoms with E-state index in [1.807, 2.05) is 0 Å². The molecule has 0 amide bonds. The van der Waals surface area contributed by atoms with Crippen LogP contribution in [0.25, 0.3) is 22.3 Å². The monoisotopic (exact) mass is 324 g/mol. The van der Waals surface area contributed by atoms with Crippen LogP contribution >= 0.6 is 0 Å². The molecule has 2 heterocycles. The van der Waals surface area contributed by atoms with E-state index in [2.05, 4.69) is 0 Å². The number of fused-ring (bicyclic) bond motifs is 2. The van der Waals surface area contributed by atoms with Crippen molar-refractivity contribution < 1.29 is 23.8 Å². The molecular weight excluding hydrogens is 312 g/mol. The van der Waals surface area contributed by atoms with Gasteiger partial charge in [-0.1, -0.05) is 12.1 Å². The number of carboxylic acid groups (broad SMARTS) is 1. The number of carbonyl (C=O) groups is 1. The predicted molar refractivity (Wildman–Crippen MR) is 85.5 cm³/mol. The second-order valence-corrected chi connectivity index (χ2v) is 5.39. The van der Waals surface area contributed by atoms with Gasteiger partial charge in [-0.15, -0.1) is 0 Å². The van der Waals surface area contributed by atoms with Crippen LogP contribution in [-0.2, 0) is 4.79 Å². The molecule has 1 unspecified atom stereocenters. The van der Waals surface area contributed by atoms with Crippen LogP contribution in [0.1, 0.15) is 0 Å². The smallest absolute Gasteiger partial charge is 0.348 e. The van der Waals surface area contributed by atoms with Gasteiger partial charge in [0.05, 0.1) is 5.39 Å². The molecule has 0 fully saturated rings. The lowest BCUT2D eigenvalue weighted by Gasteiger charge is -2.24. The van der Waals surface area contributed by atoms with Crippen LogP contribution in [-0.4, -0.2) is 23.8 Å². The Labute approximate surface area is 135 Å². The van der Waals surface area contributed by atoms with Gasteiger partial charge in [-0.05, 0) is 30.3 Å². The van der Waals surface area contributed by atoms with E-state index in [4.69, 9.17) is 19.0 Å². The van der Waals surface area contributed by atoms with E-state index >= 15 is 0 Å². The maximum atomic E-state index is 12.2. The SMILES string of the molecule is O=C(O)C1COc2cc(-c3cc(=O)c4ccccc4o3)ccc2O1. The zero-order valence-corrected chi connectivity index (χ0v) is 12.4. The van der Waals surface area contributed by atoms with E-state index in [1.54, 1.807) is 42.5 Å². The molecule has 0 aliphatic carbocycles. The van der Waals surface area contributed by atoms with Crippen molar-refractivity contribution in [3.63, 3.8) is 0 Å². The van der Waals surface area contributed by atoms with Crippen molar-refractivity contribution in [1.29, 1.82) is 0 Å². The molecule has 2 aromatic carbocycles. The lowest BCUT2D eigenvalue weighted by molar-refractivity contribution is -0.147. The van der Waals surface area contributed by atoms with Gasteiger partial charge in [0.15, 0.2) is 16.9 Å². The molecule has 6 nitrogen and oxygen atoms in total. The van der Waals surface area contributed by atoms with Crippen molar-refractivity contribution in [3.05, 3.63) is 58.8 Å². The van der Waals surface area contributed by atoms with Gasteiger partial charge in [0.25, 0.3) is 0 Å². The number of ether oxygens (including phenoxy) is 2. The third-order valence-corrected chi connectivity index (χ3v) is 3.80. The van der Waals surface area contributed by atoms with Gasteiger partial charge in [0, 0.05) is 11.6 Å². The fraction of sp³-hybridized carbons (Fsp3) is 0.111. The number of carboxylic acids is 1. The molecule has 1 aromatic heterocycles. The van der Waals surface area contributed by atoms with E-state index in [-0.39, 0.29) is 12.0 Å². The van der Waals surface area contributed by atoms with Crippen molar-refractivity contribution in [2.24, 2.45) is 0 Å². The van der Waals surface area contributed by atoms with Gasteiger partial charge in [0.2, 0.25) is 6.10 Å². The van der Waals surface area contributed by atoms with Gasteiger partial charge in [-0.3, -0.25) is 4.79 Å². The highest BCUT2D eigenvalue weighted by atomic mass is 16.6. The predicted octanol–water partition coefficient (Wildman–Crippen LogP) is 2.68. The lowest BCUT2D eigenvalue weighted by Crippen LogP contribution is -2.36. The van der Waals surface area contributed by atoms with Crippen LogP contribution in [0, 0.1) is 0 Å². The van der Waals surface area contributed by atoms with E-state index in [1.165, 1.54) is 6.07 Å². The lowest BCUT2D eigenvalue weighted by atomic mass is 10.1. The quantitative estimate of drug-likeness (QED) is 0.780. The van der Waals surface area contributed by atoms with Crippen LogP contribution in [0.15, 0.2) is 57.7 Å². The average Bonchev–Trinajstić information content (AvgIpc) is 2.60. The van der Waals surface area contributed by atoms with Crippen LogP contribution in [0.3, 0.4) is 0 Å². The normalized spacial score (nSPS) is 16.1. The van der Waals surface area contributed by atoms with E-state index in [0.29, 0.717) is 33.8 Å². The maximum Gasteiger partial charge on any atom is 0.348 e. The minimum Gasteiger partial charge on any atom is -0.485 e. The number of rotatable bonds is 2. The third-order valence-electron chi connectivity index (χ3n) is 3.80. The summed E-state index contributed by atoms with van der Waals surface area (Å²) in [5.41, 5.74) is 1.02. The summed E-state index contributed by atoms with van der Waals surface area (Å²) < 4.78 is 16.6. The van der Waals surface area contributed by atoms with Gasteiger partial charge in [0.1, 0.15) is 18.0 Å². The first-order chi connectivity index (χ1) is 11.6. The first kappa shape index (κ1) is 14.3. The van der Waals surface area contributed by atoms with E-state index < -0.39 is 12.1 Å². The molecule has 120 valence electrons. The molecule has 1 N–H and O–H groups in total. The summed E-state index contributed by atoms with van der Waals surface area (Å²) in [4.78, 5) is 23.2. The summed E-state index contributed by atoms with van der Waals surface area (Å²) >= 11 is 0.